The van der Waals surface area contributed by atoms with Crippen LogP contribution in [0.4, 0.5) is 22.7 Å². The first-order valence-corrected chi connectivity index (χ1v) is 12.6. The van der Waals surface area contributed by atoms with Gasteiger partial charge in [0.2, 0.25) is 0 Å². The van der Waals surface area contributed by atoms with Crippen LogP contribution in [0.1, 0.15) is 0 Å². The van der Waals surface area contributed by atoms with Crippen LogP contribution in [0.5, 0.6) is 23.0 Å². The topological polar surface area (TPSA) is 204 Å². The maximum atomic E-state index is 11.9. The fraction of sp³-hybridized carbons (Fsp3) is 0. The number of fused-ring (bicyclic) bond motifs is 4. The average Bonchev–Trinajstić information content (AvgIpc) is 2.71. The maximum Gasteiger partial charge on any atom is 0.300 e. The standard InChI is InChI=1S/C18H10Cl2N4O8S2/c19-5-3-8-16(18(12(5)22)34(28,29)30)32-14-9(23-8)4-10-13(11(14)20)24-7-2-1-6(21)17(15(7)31-10)33(25,26)27/h1-4H,21-22H2,(H,25,26,27)(H,28,29,30). The van der Waals surface area contributed by atoms with Crippen molar-refractivity contribution in [3.8, 4) is 23.0 Å². The third-order valence-corrected chi connectivity index (χ3v) is 7.39. The van der Waals surface area contributed by atoms with Crippen LogP contribution in [0, 0.1) is 0 Å². The van der Waals surface area contributed by atoms with E-state index in [0.29, 0.717) is 0 Å². The second kappa shape index (κ2) is 7.18. The highest BCUT2D eigenvalue weighted by molar-refractivity contribution is 7.86. The van der Waals surface area contributed by atoms with Crippen LogP contribution >= 0.6 is 23.2 Å². The molecule has 16 heteroatoms. The summed E-state index contributed by atoms with van der Waals surface area (Å²) in [5, 5.41) is -0.352. The van der Waals surface area contributed by atoms with Crippen molar-refractivity contribution in [1.29, 1.82) is 0 Å². The van der Waals surface area contributed by atoms with E-state index in [1.165, 1.54) is 24.3 Å². The summed E-state index contributed by atoms with van der Waals surface area (Å²) >= 11 is 12.4. The Labute approximate surface area is 200 Å². The normalized spacial score (nSPS) is 13.8. The first-order valence-electron chi connectivity index (χ1n) is 8.92. The van der Waals surface area contributed by atoms with Crippen LogP contribution < -0.4 is 31.7 Å². The summed E-state index contributed by atoms with van der Waals surface area (Å²) in [6.07, 6.45) is 0. The summed E-state index contributed by atoms with van der Waals surface area (Å²) in [5.74, 6) is -0.926. The van der Waals surface area contributed by atoms with Crippen LogP contribution in [0.3, 0.4) is 0 Å². The monoisotopic (exact) mass is 544 g/mol. The molecule has 6 N–H and O–H groups in total. The molecular weight excluding hydrogens is 535 g/mol. The minimum Gasteiger partial charge on any atom is -0.451 e. The van der Waals surface area contributed by atoms with Crippen molar-refractivity contribution in [1.82, 2.24) is 0 Å². The molecule has 34 heavy (non-hydrogen) atoms. The molecule has 0 radical (unpaired) electrons. The van der Waals surface area contributed by atoms with Crippen LogP contribution in [-0.4, -0.2) is 25.9 Å². The van der Waals surface area contributed by atoms with Gasteiger partial charge in [-0.05, 0) is 18.2 Å². The molecule has 0 spiro atoms. The predicted molar refractivity (Wildman–Crippen MR) is 120 cm³/mol. The van der Waals surface area contributed by atoms with Crippen LogP contribution in [-0.2, 0) is 20.2 Å². The first kappa shape index (κ1) is 22.6. The van der Waals surface area contributed by atoms with E-state index in [2.05, 4.69) is 9.98 Å². The molecule has 12 nitrogen and oxygen atoms in total. The predicted octanol–water partition coefficient (Wildman–Crippen LogP) is 2.77. The lowest BCUT2D eigenvalue weighted by atomic mass is 10.2. The van der Waals surface area contributed by atoms with Gasteiger partial charge in [-0.25, -0.2) is 9.98 Å². The lowest BCUT2D eigenvalue weighted by Crippen LogP contribution is -2.22. The molecule has 2 aliphatic heterocycles. The summed E-state index contributed by atoms with van der Waals surface area (Å²) in [6, 6.07) is 5.06. The van der Waals surface area contributed by atoms with Gasteiger partial charge in [-0.15, -0.1) is 0 Å². The van der Waals surface area contributed by atoms with Gasteiger partial charge >= 0.3 is 0 Å². The summed E-state index contributed by atoms with van der Waals surface area (Å²) in [7, 11) is -9.64. The Morgan fingerprint density at radius 2 is 1.47 bits per heavy atom. The van der Waals surface area contributed by atoms with Crippen molar-refractivity contribution >= 4 is 66.2 Å². The lowest BCUT2D eigenvalue weighted by molar-refractivity contribution is 0.428. The number of hydrogen-bond acceptors (Lipinski definition) is 10. The summed E-state index contributed by atoms with van der Waals surface area (Å²) in [4.78, 5) is 7.07. The van der Waals surface area contributed by atoms with Gasteiger partial charge in [-0.1, -0.05) is 23.2 Å². The molecule has 5 rings (SSSR count). The molecule has 0 unspecified atom stereocenters. The highest BCUT2D eigenvalue weighted by Crippen LogP contribution is 2.48. The number of nitrogens with zero attached hydrogens (tertiary/aromatic N) is 2. The molecule has 3 aromatic carbocycles. The van der Waals surface area contributed by atoms with Gasteiger partial charge in [-0.3, -0.25) is 9.11 Å². The highest BCUT2D eigenvalue weighted by Gasteiger charge is 2.32. The summed E-state index contributed by atoms with van der Waals surface area (Å²) in [6.45, 7) is 0. The zero-order valence-electron chi connectivity index (χ0n) is 16.3. The number of rotatable bonds is 2. The molecule has 0 amide bonds. The third-order valence-electron chi connectivity index (χ3n) is 4.87. The fourth-order valence-corrected chi connectivity index (χ4v) is 5.52. The number of halogens is 2. The Morgan fingerprint density at radius 1 is 0.824 bits per heavy atom. The lowest BCUT2D eigenvalue weighted by Gasteiger charge is -2.22. The number of benzene rings is 3. The fourth-order valence-electron chi connectivity index (χ4n) is 3.48. The van der Waals surface area contributed by atoms with Crippen molar-refractivity contribution in [2.24, 2.45) is 9.98 Å². The van der Waals surface area contributed by atoms with Gasteiger partial charge in [0, 0.05) is 6.07 Å². The van der Waals surface area contributed by atoms with Crippen LogP contribution in [0.2, 0.25) is 10.0 Å². The second-order valence-electron chi connectivity index (χ2n) is 7.05. The number of anilines is 2. The first-order chi connectivity index (χ1) is 15.8. The van der Waals surface area contributed by atoms with Crippen molar-refractivity contribution in [2.45, 2.75) is 9.79 Å². The van der Waals surface area contributed by atoms with E-state index in [9.17, 15) is 25.9 Å². The second-order valence-corrected chi connectivity index (χ2v) is 10.5. The smallest absolute Gasteiger partial charge is 0.300 e. The molecule has 176 valence electrons. The van der Waals surface area contributed by atoms with E-state index in [1.54, 1.807) is 0 Å². The zero-order valence-corrected chi connectivity index (χ0v) is 19.4. The van der Waals surface area contributed by atoms with Gasteiger partial charge < -0.3 is 20.9 Å². The van der Waals surface area contributed by atoms with Gasteiger partial charge in [0.05, 0.1) is 16.4 Å². The van der Waals surface area contributed by atoms with E-state index in [-0.39, 0.29) is 55.1 Å². The largest absolute Gasteiger partial charge is 0.451 e. The molecule has 2 heterocycles. The minimum atomic E-state index is -4.87. The maximum absolute atomic E-state index is 11.9. The van der Waals surface area contributed by atoms with Crippen LogP contribution in [0.25, 0.3) is 0 Å². The molecule has 3 aromatic rings. The SMILES string of the molecule is Nc1ccc2c(c1S(=O)(=O)O)Oc1cc3c(c(Cl)c1=N2)Oc1c(cc(Cl)c(N)c1S(=O)(=O)O)N=3. The van der Waals surface area contributed by atoms with E-state index in [1.807, 2.05) is 0 Å². The Kier molecular flexibility index (Phi) is 4.78. The number of nitrogen functional groups attached to an aromatic ring is 2. The van der Waals surface area contributed by atoms with E-state index in [0.717, 1.165) is 0 Å². The number of nitrogens with two attached hydrogens (primary N) is 2. The average molecular weight is 545 g/mol. The summed E-state index contributed by atoms with van der Waals surface area (Å²) < 4.78 is 78.1. The van der Waals surface area contributed by atoms with Crippen molar-refractivity contribution in [3.63, 3.8) is 0 Å². The van der Waals surface area contributed by atoms with Gasteiger partial charge in [-0.2, -0.15) is 16.8 Å². The Balaban J connectivity index is 1.80. The highest BCUT2D eigenvalue weighted by atomic mass is 35.5. The molecule has 2 aliphatic rings. The Morgan fingerprint density at radius 3 is 2.12 bits per heavy atom. The minimum absolute atomic E-state index is 0.00651. The quantitative estimate of drug-likeness (QED) is 0.189. The van der Waals surface area contributed by atoms with E-state index < -0.39 is 41.5 Å². The molecule has 0 saturated carbocycles. The molecule has 0 fully saturated rings. The molecule has 0 aromatic heterocycles. The molecule has 0 atom stereocenters. The third kappa shape index (κ3) is 3.34. The van der Waals surface area contributed by atoms with E-state index >= 15 is 0 Å². The summed E-state index contributed by atoms with van der Waals surface area (Å²) in [5.41, 5.74) is 10.6. The van der Waals surface area contributed by atoms with Crippen molar-refractivity contribution in [2.75, 3.05) is 11.5 Å². The zero-order chi connectivity index (χ0) is 24.7. The Hall–Kier alpha value is -3.14. The molecule has 0 bridgehead atoms. The molecular formula is C18H10Cl2N4O8S2. The van der Waals surface area contributed by atoms with Crippen molar-refractivity contribution < 1.29 is 35.4 Å². The van der Waals surface area contributed by atoms with Gasteiger partial charge in [0.15, 0.2) is 32.8 Å². The van der Waals surface area contributed by atoms with Crippen LogP contribution in [0.15, 0.2) is 44.0 Å². The number of ether oxygens (including phenoxy) is 2. The molecule has 0 aliphatic carbocycles. The number of hydrogen-bond donors (Lipinski definition) is 4. The van der Waals surface area contributed by atoms with Gasteiger partial charge in [0.1, 0.15) is 27.1 Å². The molecule has 0 saturated heterocycles. The Bertz CT molecular complexity index is 1810. The van der Waals surface area contributed by atoms with Crippen molar-refractivity contribution in [3.05, 3.63) is 45.0 Å². The van der Waals surface area contributed by atoms with Gasteiger partial charge in [0.25, 0.3) is 20.2 Å². The van der Waals surface area contributed by atoms with E-state index in [4.69, 9.17) is 44.1 Å².